The van der Waals surface area contributed by atoms with Crippen LogP contribution in [0.3, 0.4) is 0 Å². The number of hydrogen-bond acceptors (Lipinski definition) is 1. The molecule has 0 spiro atoms. The van der Waals surface area contributed by atoms with Crippen molar-refractivity contribution >= 4 is 11.6 Å². The Hall–Kier alpha value is -1.38. The molecule has 106 valence electrons. The molecule has 1 nitrogen and oxygen atoms in total. The van der Waals surface area contributed by atoms with Crippen LogP contribution in [-0.4, -0.2) is 6.04 Å². The van der Waals surface area contributed by atoms with E-state index in [-0.39, 0.29) is 5.82 Å². The van der Waals surface area contributed by atoms with E-state index in [9.17, 15) is 4.39 Å². The molecular weight excluding hydrogens is 273 g/mol. The third-order valence-electron chi connectivity index (χ3n) is 3.26. The van der Waals surface area contributed by atoms with Crippen molar-refractivity contribution in [2.75, 3.05) is 0 Å². The van der Waals surface area contributed by atoms with Gasteiger partial charge in [-0.3, -0.25) is 0 Å². The molecule has 0 radical (unpaired) electrons. The molecule has 20 heavy (non-hydrogen) atoms. The van der Waals surface area contributed by atoms with E-state index in [4.69, 9.17) is 11.6 Å². The molecule has 0 atom stereocenters. The van der Waals surface area contributed by atoms with Gasteiger partial charge in [0.15, 0.2) is 0 Å². The average Bonchev–Trinajstić information content (AvgIpc) is 2.40. The third kappa shape index (κ3) is 3.59. The van der Waals surface area contributed by atoms with Crippen molar-refractivity contribution in [1.82, 2.24) is 5.32 Å². The summed E-state index contributed by atoms with van der Waals surface area (Å²) in [6.07, 6.45) is 0. The van der Waals surface area contributed by atoms with Gasteiger partial charge in [-0.05, 0) is 53.4 Å². The zero-order chi connectivity index (χ0) is 14.7. The van der Waals surface area contributed by atoms with Crippen molar-refractivity contribution in [2.45, 2.75) is 33.4 Å². The van der Waals surface area contributed by atoms with E-state index in [1.807, 2.05) is 25.1 Å². The zero-order valence-electron chi connectivity index (χ0n) is 12.0. The predicted molar refractivity (Wildman–Crippen MR) is 83.6 cm³/mol. The molecule has 0 aliphatic heterocycles. The summed E-state index contributed by atoms with van der Waals surface area (Å²) in [6, 6.07) is 11.0. The van der Waals surface area contributed by atoms with Crippen molar-refractivity contribution in [3.05, 3.63) is 58.4 Å². The molecule has 1 N–H and O–H groups in total. The van der Waals surface area contributed by atoms with Crippen LogP contribution >= 0.6 is 11.6 Å². The number of aryl methyl sites for hydroxylation is 1. The summed E-state index contributed by atoms with van der Waals surface area (Å²) in [7, 11) is 0. The Morgan fingerprint density at radius 1 is 1.10 bits per heavy atom. The summed E-state index contributed by atoms with van der Waals surface area (Å²) in [5.41, 5.74) is 4.05. The highest BCUT2D eigenvalue weighted by Gasteiger charge is 2.10. The minimum absolute atomic E-state index is 0.228. The van der Waals surface area contributed by atoms with Crippen molar-refractivity contribution in [3.8, 4) is 11.1 Å². The topological polar surface area (TPSA) is 12.0 Å². The Balaban J connectivity index is 2.48. The second kappa shape index (κ2) is 6.38. The first-order valence-corrected chi connectivity index (χ1v) is 7.13. The average molecular weight is 292 g/mol. The first-order chi connectivity index (χ1) is 9.47. The smallest absolute Gasteiger partial charge is 0.123 e. The highest BCUT2D eigenvalue weighted by atomic mass is 35.5. The van der Waals surface area contributed by atoms with E-state index in [2.05, 4.69) is 19.2 Å². The van der Waals surface area contributed by atoms with E-state index in [1.54, 1.807) is 12.1 Å². The van der Waals surface area contributed by atoms with Gasteiger partial charge in [-0.2, -0.15) is 0 Å². The summed E-state index contributed by atoms with van der Waals surface area (Å²) in [5.74, 6) is -0.228. The molecule has 2 aromatic rings. The fraction of sp³-hybridized carbons (Fsp3) is 0.294. The summed E-state index contributed by atoms with van der Waals surface area (Å²) in [6.45, 7) is 6.92. The predicted octanol–water partition coefficient (Wildman–Crippen LogP) is 4.95. The van der Waals surface area contributed by atoms with Crippen LogP contribution in [0.15, 0.2) is 36.4 Å². The van der Waals surface area contributed by atoms with E-state index < -0.39 is 0 Å². The number of hydrogen-bond donors (Lipinski definition) is 1. The lowest BCUT2D eigenvalue weighted by molar-refractivity contribution is 0.589. The molecule has 0 amide bonds. The SMILES string of the molecule is Cc1ccc(F)cc1-c1cc(Cl)ccc1CNC(C)C. The zero-order valence-corrected chi connectivity index (χ0v) is 12.8. The molecule has 0 saturated heterocycles. The van der Waals surface area contributed by atoms with Crippen LogP contribution in [0.1, 0.15) is 25.0 Å². The standard InChI is InChI=1S/C17H19ClFN/c1-11(2)20-10-13-5-6-14(18)8-17(13)16-9-15(19)7-4-12(16)3/h4-9,11,20H,10H2,1-3H3. The van der Waals surface area contributed by atoms with Gasteiger partial charge in [0, 0.05) is 17.6 Å². The first-order valence-electron chi connectivity index (χ1n) is 6.75. The van der Waals surface area contributed by atoms with Crippen LogP contribution < -0.4 is 5.32 Å². The fourth-order valence-electron chi connectivity index (χ4n) is 2.15. The van der Waals surface area contributed by atoms with Crippen molar-refractivity contribution in [2.24, 2.45) is 0 Å². The Kier molecular flexibility index (Phi) is 4.79. The minimum Gasteiger partial charge on any atom is -0.310 e. The molecule has 0 heterocycles. The highest BCUT2D eigenvalue weighted by molar-refractivity contribution is 6.30. The maximum absolute atomic E-state index is 13.5. The Morgan fingerprint density at radius 2 is 1.85 bits per heavy atom. The quantitative estimate of drug-likeness (QED) is 0.840. The van der Waals surface area contributed by atoms with Gasteiger partial charge in [0.1, 0.15) is 5.82 Å². The van der Waals surface area contributed by atoms with Crippen LogP contribution in [0.4, 0.5) is 4.39 Å². The maximum atomic E-state index is 13.5. The lowest BCUT2D eigenvalue weighted by Gasteiger charge is -2.15. The largest absolute Gasteiger partial charge is 0.310 e. The van der Waals surface area contributed by atoms with E-state index >= 15 is 0 Å². The van der Waals surface area contributed by atoms with Gasteiger partial charge in [0.2, 0.25) is 0 Å². The Bertz CT molecular complexity index is 608. The van der Waals surface area contributed by atoms with Crippen LogP contribution in [0, 0.1) is 12.7 Å². The van der Waals surface area contributed by atoms with E-state index in [0.29, 0.717) is 11.1 Å². The van der Waals surface area contributed by atoms with Gasteiger partial charge in [-0.15, -0.1) is 0 Å². The van der Waals surface area contributed by atoms with E-state index in [0.717, 1.165) is 28.8 Å². The van der Waals surface area contributed by atoms with Gasteiger partial charge in [-0.25, -0.2) is 4.39 Å². The number of halogens is 2. The summed E-state index contributed by atoms with van der Waals surface area (Å²) in [4.78, 5) is 0. The molecule has 0 aliphatic carbocycles. The van der Waals surface area contributed by atoms with Crippen LogP contribution in [-0.2, 0) is 6.54 Å². The Morgan fingerprint density at radius 3 is 2.55 bits per heavy atom. The van der Waals surface area contributed by atoms with Gasteiger partial charge in [0.05, 0.1) is 0 Å². The van der Waals surface area contributed by atoms with Crippen molar-refractivity contribution in [1.29, 1.82) is 0 Å². The summed E-state index contributed by atoms with van der Waals surface area (Å²) < 4.78 is 13.5. The normalized spacial score (nSPS) is 11.1. The molecule has 2 aromatic carbocycles. The van der Waals surface area contributed by atoms with Crippen molar-refractivity contribution in [3.63, 3.8) is 0 Å². The van der Waals surface area contributed by atoms with Gasteiger partial charge >= 0.3 is 0 Å². The van der Waals surface area contributed by atoms with Crippen LogP contribution in [0.25, 0.3) is 11.1 Å². The molecule has 0 saturated carbocycles. The van der Waals surface area contributed by atoms with Crippen LogP contribution in [0.2, 0.25) is 5.02 Å². The maximum Gasteiger partial charge on any atom is 0.123 e. The molecule has 3 heteroatoms. The third-order valence-corrected chi connectivity index (χ3v) is 3.50. The number of rotatable bonds is 4. The van der Waals surface area contributed by atoms with Gasteiger partial charge < -0.3 is 5.32 Å². The molecule has 0 fully saturated rings. The second-order valence-electron chi connectivity index (χ2n) is 5.30. The molecule has 2 rings (SSSR count). The molecular formula is C17H19ClFN. The summed E-state index contributed by atoms with van der Waals surface area (Å²) >= 11 is 6.11. The minimum atomic E-state index is -0.228. The summed E-state index contributed by atoms with van der Waals surface area (Å²) in [5, 5.41) is 4.05. The molecule has 0 bridgehead atoms. The number of benzene rings is 2. The molecule has 0 unspecified atom stereocenters. The van der Waals surface area contributed by atoms with Gasteiger partial charge in [0.25, 0.3) is 0 Å². The van der Waals surface area contributed by atoms with Crippen molar-refractivity contribution < 1.29 is 4.39 Å². The Labute approximate surface area is 124 Å². The number of nitrogens with one attached hydrogen (secondary N) is 1. The lowest BCUT2D eigenvalue weighted by atomic mass is 9.95. The van der Waals surface area contributed by atoms with Crippen LogP contribution in [0.5, 0.6) is 0 Å². The van der Waals surface area contributed by atoms with E-state index in [1.165, 1.54) is 6.07 Å². The second-order valence-corrected chi connectivity index (χ2v) is 5.73. The van der Waals surface area contributed by atoms with Gasteiger partial charge in [-0.1, -0.05) is 37.6 Å². The first kappa shape index (κ1) is 15.0. The monoisotopic (exact) mass is 291 g/mol. The lowest BCUT2D eigenvalue weighted by Crippen LogP contribution is -2.22. The fourth-order valence-corrected chi connectivity index (χ4v) is 2.32. The highest BCUT2D eigenvalue weighted by Crippen LogP contribution is 2.30. The molecule has 0 aliphatic rings. The molecule has 0 aromatic heterocycles.